The van der Waals surface area contributed by atoms with Crippen molar-refractivity contribution in [1.82, 2.24) is 0 Å². The Kier molecular flexibility index (Phi) is 6.25. The standard InChI is InChI=1S/C8H17O4P/c1-5-11-13(9,12-6-2)8(3)7-10-4/h3,5-7H2,1-2,4H3. The summed E-state index contributed by atoms with van der Waals surface area (Å²) in [5, 5.41) is 0.360. The molecule has 78 valence electrons. The van der Waals surface area contributed by atoms with Crippen LogP contribution in [0.25, 0.3) is 0 Å². The average molecular weight is 208 g/mol. The van der Waals surface area contributed by atoms with Crippen LogP contribution in [0.1, 0.15) is 13.8 Å². The van der Waals surface area contributed by atoms with Gasteiger partial charge in [-0.05, 0) is 13.8 Å². The molecule has 0 amide bonds. The minimum absolute atomic E-state index is 0.192. The summed E-state index contributed by atoms with van der Waals surface area (Å²) in [5.41, 5.74) is 0. The fraction of sp³-hybridized carbons (Fsp3) is 0.750. The number of rotatable bonds is 7. The summed E-state index contributed by atoms with van der Waals surface area (Å²) >= 11 is 0. The van der Waals surface area contributed by atoms with Gasteiger partial charge < -0.3 is 13.8 Å². The molecule has 0 saturated heterocycles. The first-order valence-corrected chi connectivity index (χ1v) is 5.71. The summed E-state index contributed by atoms with van der Waals surface area (Å²) in [4.78, 5) is 0. The fourth-order valence-corrected chi connectivity index (χ4v) is 2.21. The Labute approximate surface area is 79.4 Å². The van der Waals surface area contributed by atoms with Crippen LogP contribution in [0.3, 0.4) is 0 Å². The van der Waals surface area contributed by atoms with Crippen molar-refractivity contribution in [3.8, 4) is 0 Å². The number of hydrogen-bond acceptors (Lipinski definition) is 4. The van der Waals surface area contributed by atoms with Crippen molar-refractivity contribution in [3.63, 3.8) is 0 Å². The highest BCUT2D eigenvalue weighted by Gasteiger charge is 2.27. The summed E-state index contributed by atoms with van der Waals surface area (Å²) in [6.07, 6.45) is 0. The van der Waals surface area contributed by atoms with Gasteiger partial charge in [-0.2, -0.15) is 0 Å². The molecular weight excluding hydrogens is 191 g/mol. The van der Waals surface area contributed by atoms with E-state index in [2.05, 4.69) is 6.58 Å². The lowest BCUT2D eigenvalue weighted by Gasteiger charge is -2.18. The molecule has 4 nitrogen and oxygen atoms in total. The quantitative estimate of drug-likeness (QED) is 0.602. The van der Waals surface area contributed by atoms with Gasteiger partial charge in [0, 0.05) is 7.11 Å². The molecule has 0 rings (SSSR count). The van der Waals surface area contributed by atoms with Crippen molar-refractivity contribution < 1.29 is 18.3 Å². The summed E-state index contributed by atoms with van der Waals surface area (Å²) in [5.74, 6) is 0. The van der Waals surface area contributed by atoms with Crippen LogP contribution in [0.15, 0.2) is 11.9 Å². The SMILES string of the molecule is C=C(COC)P(=O)(OCC)OCC. The molecule has 0 aromatic rings. The topological polar surface area (TPSA) is 44.8 Å². The second-order valence-electron chi connectivity index (χ2n) is 2.33. The predicted octanol–water partition coefficient (Wildman–Crippen LogP) is 2.41. The van der Waals surface area contributed by atoms with Gasteiger partial charge in [-0.25, -0.2) is 0 Å². The van der Waals surface area contributed by atoms with Gasteiger partial charge in [-0.15, -0.1) is 0 Å². The molecule has 0 aliphatic heterocycles. The Bertz CT molecular complexity index is 192. The fourth-order valence-electron chi connectivity index (χ4n) is 0.805. The smallest absolute Gasteiger partial charge is 0.359 e. The molecule has 0 atom stereocenters. The first-order valence-electron chi connectivity index (χ1n) is 4.17. The van der Waals surface area contributed by atoms with Crippen LogP contribution < -0.4 is 0 Å². The molecule has 0 heterocycles. The van der Waals surface area contributed by atoms with Gasteiger partial charge in [-0.1, -0.05) is 6.58 Å². The van der Waals surface area contributed by atoms with E-state index in [1.807, 2.05) is 0 Å². The molecule has 0 saturated carbocycles. The Morgan fingerprint density at radius 1 is 1.31 bits per heavy atom. The van der Waals surface area contributed by atoms with Crippen LogP contribution in [0.5, 0.6) is 0 Å². The molecule has 0 aliphatic carbocycles. The second kappa shape index (κ2) is 6.33. The summed E-state index contributed by atoms with van der Waals surface area (Å²) in [6, 6.07) is 0. The van der Waals surface area contributed by atoms with Gasteiger partial charge in [-0.3, -0.25) is 4.57 Å². The number of ether oxygens (including phenoxy) is 1. The normalized spacial score (nSPS) is 11.6. The van der Waals surface area contributed by atoms with E-state index in [0.29, 0.717) is 18.5 Å². The Morgan fingerprint density at radius 3 is 2.08 bits per heavy atom. The van der Waals surface area contributed by atoms with Crippen LogP contribution in [0.2, 0.25) is 0 Å². The Hall–Kier alpha value is -0.150. The highest BCUT2D eigenvalue weighted by Crippen LogP contribution is 2.55. The monoisotopic (exact) mass is 208 g/mol. The van der Waals surface area contributed by atoms with Crippen molar-refractivity contribution in [2.45, 2.75) is 13.8 Å². The molecule has 0 N–H and O–H groups in total. The highest BCUT2D eigenvalue weighted by molar-refractivity contribution is 7.58. The van der Waals surface area contributed by atoms with Gasteiger partial charge in [0.15, 0.2) is 0 Å². The maximum atomic E-state index is 11.9. The van der Waals surface area contributed by atoms with Gasteiger partial charge in [0.25, 0.3) is 0 Å². The second-order valence-corrected chi connectivity index (χ2v) is 4.48. The van der Waals surface area contributed by atoms with Crippen LogP contribution >= 0.6 is 7.60 Å². The maximum absolute atomic E-state index is 11.9. The number of hydrogen-bond donors (Lipinski definition) is 0. The number of methoxy groups -OCH3 is 1. The zero-order chi connectivity index (χ0) is 10.3. The van der Waals surface area contributed by atoms with E-state index in [9.17, 15) is 4.57 Å². The summed E-state index contributed by atoms with van der Waals surface area (Å²) in [6.45, 7) is 7.99. The van der Waals surface area contributed by atoms with Gasteiger partial charge in [0.2, 0.25) is 0 Å². The molecule has 0 aromatic heterocycles. The van der Waals surface area contributed by atoms with Crippen molar-refractivity contribution in [2.75, 3.05) is 26.9 Å². The molecule has 13 heavy (non-hydrogen) atoms. The molecule has 0 radical (unpaired) electrons. The van der Waals surface area contributed by atoms with Crippen molar-refractivity contribution >= 4 is 7.60 Å². The molecule has 0 fully saturated rings. The van der Waals surface area contributed by atoms with Crippen molar-refractivity contribution in [3.05, 3.63) is 11.9 Å². The molecule has 5 heteroatoms. The van der Waals surface area contributed by atoms with E-state index in [1.54, 1.807) is 13.8 Å². The summed E-state index contributed by atoms with van der Waals surface area (Å²) < 4.78 is 26.8. The lowest BCUT2D eigenvalue weighted by atomic mass is 10.7. The first-order chi connectivity index (χ1) is 6.10. The first kappa shape index (κ1) is 12.8. The highest BCUT2D eigenvalue weighted by atomic mass is 31.2. The molecule has 0 spiro atoms. The summed E-state index contributed by atoms with van der Waals surface area (Å²) in [7, 11) is -1.64. The van der Waals surface area contributed by atoms with E-state index < -0.39 is 7.60 Å². The minimum Gasteiger partial charge on any atom is -0.380 e. The van der Waals surface area contributed by atoms with Crippen LogP contribution in [0.4, 0.5) is 0 Å². The third-order valence-electron chi connectivity index (χ3n) is 1.30. The third kappa shape index (κ3) is 4.05. The zero-order valence-electron chi connectivity index (χ0n) is 8.41. The minimum atomic E-state index is -3.15. The molecular formula is C8H17O4P. The third-order valence-corrected chi connectivity index (χ3v) is 3.40. The van der Waals surface area contributed by atoms with E-state index >= 15 is 0 Å². The van der Waals surface area contributed by atoms with Gasteiger partial charge in [0.05, 0.1) is 25.1 Å². The molecule has 0 unspecified atom stereocenters. The molecule has 0 bridgehead atoms. The van der Waals surface area contributed by atoms with Crippen LogP contribution in [-0.4, -0.2) is 26.9 Å². The van der Waals surface area contributed by atoms with Gasteiger partial charge in [0.1, 0.15) is 0 Å². The molecule has 0 aromatic carbocycles. The lowest BCUT2D eigenvalue weighted by molar-refractivity contribution is 0.203. The Morgan fingerprint density at radius 2 is 1.77 bits per heavy atom. The largest absolute Gasteiger partial charge is 0.380 e. The van der Waals surface area contributed by atoms with Crippen LogP contribution in [-0.2, 0) is 18.3 Å². The van der Waals surface area contributed by atoms with E-state index in [4.69, 9.17) is 13.8 Å². The van der Waals surface area contributed by atoms with E-state index in [1.165, 1.54) is 7.11 Å². The Balaban J connectivity index is 4.38. The van der Waals surface area contributed by atoms with Crippen molar-refractivity contribution in [1.29, 1.82) is 0 Å². The molecule has 0 aliphatic rings. The zero-order valence-corrected chi connectivity index (χ0v) is 9.30. The van der Waals surface area contributed by atoms with Crippen molar-refractivity contribution in [2.24, 2.45) is 0 Å². The maximum Gasteiger partial charge on any atom is 0.359 e. The van der Waals surface area contributed by atoms with E-state index in [0.717, 1.165) is 0 Å². The van der Waals surface area contributed by atoms with Crippen LogP contribution in [0, 0.1) is 0 Å². The lowest BCUT2D eigenvalue weighted by Crippen LogP contribution is -2.02. The predicted molar refractivity (Wildman–Crippen MR) is 51.9 cm³/mol. The van der Waals surface area contributed by atoms with E-state index in [-0.39, 0.29) is 6.61 Å². The average Bonchev–Trinajstić information content (AvgIpc) is 2.05. The van der Waals surface area contributed by atoms with Gasteiger partial charge >= 0.3 is 7.60 Å².